The lowest BCUT2D eigenvalue weighted by Gasteiger charge is -2.35. The van der Waals surface area contributed by atoms with Gasteiger partial charge >= 0.3 is 0 Å². The molecule has 128 valence electrons. The number of ether oxygens (including phenoxy) is 2. The highest BCUT2D eigenvalue weighted by atomic mass is 35.5. The molecule has 0 aliphatic carbocycles. The number of benzene rings is 1. The molecule has 3 heterocycles. The van der Waals surface area contributed by atoms with Gasteiger partial charge < -0.3 is 14.4 Å². The Morgan fingerprint density at radius 1 is 1.17 bits per heavy atom. The van der Waals surface area contributed by atoms with Crippen LogP contribution >= 0.6 is 22.9 Å². The Balaban J connectivity index is 1.26. The van der Waals surface area contributed by atoms with Gasteiger partial charge in [0.1, 0.15) is 0 Å². The number of anilines is 1. The Labute approximate surface area is 150 Å². The molecule has 0 N–H and O–H groups in total. The third-order valence-electron chi connectivity index (χ3n) is 4.42. The Hall–Kier alpha value is -1.18. The van der Waals surface area contributed by atoms with E-state index < -0.39 is 0 Å². The largest absolute Gasteiger partial charge is 0.346 e. The number of piperazine rings is 1. The van der Waals surface area contributed by atoms with Crippen LogP contribution in [0.3, 0.4) is 0 Å². The van der Waals surface area contributed by atoms with Crippen LogP contribution in [-0.2, 0) is 9.47 Å². The lowest BCUT2D eigenvalue weighted by atomic mass is 10.2. The van der Waals surface area contributed by atoms with E-state index in [1.165, 1.54) is 0 Å². The molecule has 1 aromatic heterocycles. The van der Waals surface area contributed by atoms with Gasteiger partial charge in [-0.15, -0.1) is 11.3 Å². The van der Waals surface area contributed by atoms with E-state index in [2.05, 4.69) is 14.8 Å². The lowest BCUT2D eigenvalue weighted by molar-refractivity contribution is -0.0644. The van der Waals surface area contributed by atoms with Crippen LogP contribution in [0.25, 0.3) is 0 Å². The van der Waals surface area contributed by atoms with E-state index in [1.54, 1.807) is 11.3 Å². The molecule has 0 radical (unpaired) electrons. The van der Waals surface area contributed by atoms with Gasteiger partial charge in [0.2, 0.25) is 0 Å². The molecule has 2 fully saturated rings. The Morgan fingerprint density at radius 2 is 1.96 bits per heavy atom. The van der Waals surface area contributed by atoms with Crippen molar-refractivity contribution in [3.05, 3.63) is 46.4 Å². The van der Waals surface area contributed by atoms with Crippen LogP contribution < -0.4 is 4.90 Å². The first-order chi connectivity index (χ1) is 11.8. The molecule has 2 aliphatic heterocycles. The van der Waals surface area contributed by atoms with E-state index in [-0.39, 0.29) is 12.4 Å². The van der Waals surface area contributed by atoms with Crippen LogP contribution in [-0.4, -0.2) is 55.3 Å². The number of aromatic nitrogens is 1. The smallest absolute Gasteiger partial charge is 0.185 e. The topological polar surface area (TPSA) is 37.8 Å². The van der Waals surface area contributed by atoms with Crippen LogP contribution in [0.4, 0.5) is 5.13 Å². The molecule has 2 aliphatic rings. The summed E-state index contributed by atoms with van der Waals surface area (Å²) in [7, 11) is 0. The first kappa shape index (κ1) is 16.3. The zero-order valence-electron chi connectivity index (χ0n) is 13.3. The van der Waals surface area contributed by atoms with E-state index in [1.807, 2.05) is 35.8 Å². The molecule has 2 aromatic rings. The van der Waals surface area contributed by atoms with E-state index in [0.29, 0.717) is 6.61 Å². The molecular formula is C17H20ClN3O2S. The van der Waals surface area contributed by atoms with Gasteiger partial charge in [-0.3, -0.25) is 4.90 Å². The maximum Gasteiger partial charge on any atom is 0.185 e. The molecule has 5 nitrogen and oxygen atoms in total. The number of thiazole rings is 1. The second-order valence-corrected chi connectivity index (χ2v) is 7.39. The van der Waals surface area contributed by atoms with E-state index in [0.717, 1.165) is 48.4 Å². The van der Waals surface area contributed by atoms with Crippen LogP contribution in [0, 0.1) is 0 Å². The summed E-state index contributed by atoms with van der Waals surface area (Å²) in [6.07, 6.45) is 1.72. The fourth-order valence-corrected chi connectivity index (χ4v) is 3.94. The minimum Gasteiger partial charge on any atom is -0.346 e. The predicted molar refractivity (Wildman–Crippen MR) is 95.8 cm³/mol. The van der Waals surface area contributed by atoms with Gasteiger partial charge in [-0.1, -0.05) is 23.7 Å². The van der Waals surface area contributed by atoms with Crippen molar-refractivity contribution >= 4 is 28.1 Å². The molecule has 0 bridgehead atoms. The maximum atomic E-state index is 6.06. The summed E-state index contributed by atoms with van der Waals surface area (Å²) in [5.74, 6) is 0. The second kappa shape index (κ2) is 7.37. The van der Waals surface area contributed by atoms with Crippen molar-refractivity contribution in [3.63, 3.8) is 0 Å². The summed E-state index contributed by atoms with van der Waals surface area (Å²) in [4.78, 5) is 9.19. The average molecular weight is 366 g/mol. The standard InChI is InChI=1S/C17H20ClN3O2S/c18-14-3-1-13(2-4-14)16-22-12-15(23-16)11-20-6-8-21(9-7-20)17-19-5-10-24-17/h1-5,10,15-16H,6-9,11-12H2/t15-,16-/m1/s1. The van der Waals surface area contributed by atoms with Gasteiger partial charge in [-0.25, -0.2) is 4.98 Å². The van der Waals surface area contributed by atoms with Crippen molar-refractivity contribution < 1.29 is 9.47 Å². The molecule has 4 rings (SSSR count). The molecule has 0 spiro atoms. The average Bonchev–Trinajstić information content (AvgIpc) is 3.28. The fourth-order valence-electron chi connectivity index (χ4n) is 3.12. The summed E-state index contributed by atoms with van der Waals surface area (Å²) in [5, 5.41) is 3.88. The lowest BCUT2D eigenvalue weighted by Crippen LogP contribution is -2.48. The minimum absolute atomic E-state index is 0.122. The number of halogens is 1. The third kappa shape index (κ3) is 3.73. The van der Waals surface area contributed by atoms with Gasteiger partial charge in [-0.2, -0.15) is 0 Å². The Kier molecular flexibility index (Phi) is 5.01. The summed E-state index contributed by atoms with van der Waals surface area (Å²) in [6, 6.07) is 7.66. The monoisotopic (exact) mass is 365 g/mol. The van der Waals surface area contributed by atoms with Crippen molar-refractivity contribution in [1.82, 2.24) is 9.88 Å². The highest BCUT2D eigenvalue weighted by molar-refractivity contribution is 7.13. The molecule has 24 heavy (non-hydrogen) atoms. The van der Waals surface area contributed by atoms with Crippen LogP contribution in [0.15, 0.2) is 35.8 Å². The molecule has 2 atom stereocenters. The van der Waals surface area contributed by atoms with Crippen LogP contribution in [0.5, 0.6) is 0 Å². The normalized spacial score (nSPS) is 25.3. The SMILES string of the molecule is Clc1ccc([C@@H]2OC[C@@H](CN3CCN(c4nccs4)CC3)O2)cc1. The molecule has 0 unspecified atom stereocenters. The summed E-state index contributed by atoms with van der Waals surface area (Å²) in [5.41, 5.74) is 1.02. The summed E-state index contributed by atoms with van der Waals surface area (Å²) in [6.45, 7) is 5.65. The Morgan fingerprint density at radius 3 is 2.67 bits per heavy atom. The molecule has 0 amide bonds. The van der Waals surface area contributed by atoms with Crippen molar-refractivity contribution in [3.8, 4) is 0 Å². The van der Waals surface area contributed by atoms with Gasteiger partial charge in [0, 0.05) is 54.9 Å². The molecular weight excluding hydrogens is 346 g/mol. The van der Waals surface area contributed by atoms with Crippen molar-refractivity contribution in [2.24, 2.45) is 0 Å². The first-order valence-electron chi connectivity index (χ1n) is 8.17. The summed E-state index contributed by atoms with van der Waals surface area (Å²) >= 11 is 7.63. The van der Waals surface area contributed by atoms with Crippen molar-refractivity contribution in [1.29, 1.82) is 0 Å². The maximum absolute atomic E-state index is 6.06. The zero-order valence-corrected chi connectivity index (χ0v) is 14.9. The van der Waals surface area contributed by atoms with Gasteiger partial charge in [-0.05, 0) is 12.1 Å². The fraction of sp³-hybridized carbons (Fsp3) is 0.471. The zero-order chi connectivity index (χ0) is 16.4. The van der Waals surface area contributed by atoms with E-state index >= 15 is 0 Å². The summed E-state index contributed by atoms with van der Waals surface area (Å²) < 4.78 is 11.9. The van der Waals surface area contributed by atoms with E-state index in [9.17, 15) is 0 Å². The third-order valence-corrected chi connectivity index (χ3v) is 5.50. The van der Waals surface area contributed by atoms with Gasteiger partial charge in [0.05, 0.1) is 12.7 Å². The highest BCUT2D eigenvalue weighted by Crippen LogP contribution is 2.28. The number of hydrogen-bond donors (Lipinski definition) is 0. The second-order valence-electron chi connectivity index (χ2n) is 6.08. The number of hydrogen-bond acceptors (Lipinski definition) is 6. The molecule has 1 aromatic carbocycles. The Bertz CT molecular complexity index is 644. The van der Waals surface area contributed by atoms with Crippen LogP contribution in [0.2, 0.25) is 5.02 Å². The quantitative estimate of drug-likeness (QED) is 0.832. The van der Waals surface area contributed by atoms with Crippen LogP contribution in [0.1, 0.15) is 11.9 Å². The highest BCUT2D eigenvalue weighted by Gasteiger charge is 2.30. The molecule has 0 saturated carbocycles. The minimum atomic E-state index is -0.274. The predicted octanol–water partition coefficient (Wildman–Crippen LogP) is 3.03. The number of rotatable bonds is 4. The van der Waals surface area contributed by atoms with E-state index in [4.69, 9.17) is 21.1 Å². The number of nitrogens with zero attached hydrogens (tertiary/aromatic N) is 3. The molecule has 7 heteroatoms. The van der Waals surface area contributed by atoms with Gasteiger partial charge in [0.25, 0.3) is 0 Å². The first-order valence-corrected chi connectivity index (χ1v) is 9.43. The van der Waals surface area contributed by atoms with Crippen molar-refractivity contribution in [2.75, 3.05) is 44.2 Å². The molecule has 2 saturated heterocycles. The van der Waals surface area contributed by atoms with Crippen molar-refractivity contribution in [2.45, 2.75) is 12.4 Å². The van der Waals surface area contributed by atoms with Gasteiger partial charge in [0.15, 0.2) is 11.4 Å².